The molecule has 1 atom stereocenters. The highest BCUT2D eigenvalue weighted by atomic mass is 16.5. The molecule has 158 valence electrons. The lowest BCUT2D eigenvalue weighted by atomic mass is 9.67. The number of carbonyl (C=O) groups excluding carboxylic acids is 1. The lowest BCUT2D eigenvalue weighted by Crippen LogP contribution is -2.53. The van der Waals surface area contributed by atoms with Crippen molar-refractivity contribution in [2.45, 2.75) is 24.3 Å². The van der Waals surface area contributed by atoms with Crippen molar-refractivity contribution >= 4 is 6.41 Å². The summed E-state index contributed by atoms with van der Waals surface area (Å²) in [5.41, 5.74) is 2.64. The number of para-hydroxylation sites is 2. The molecule has 0 aromatic heterocycles. The molecule has 0 saturated carbocycles. The molecule has 5 rings (SSSR count). The van der Waals surface area contributed by atoms with Crippen LogP contribution in [0.5, 0.6) is 11.5 Å². The number of likely N-dealkylation sites (tertiary alicyclic amines) is 1. The number of likely N-dealkylation sites (N-methyl/N-ethyl adjacent to an activating group) is 1. The molecule has 1 fully saturated rings. The van der Waals surface area contributed by atoms with Gasteiger partial charge in [0.05, 0.1) is 0 Å². The van der Waals surface area contributed by atoms with Crippen LogP contribution >= 0.6 is 0 Å². The first-order valence-corrected chi connectivity index (χ1v) is 11.1. The number of amides is 1. The topological polar surface area (TPSA) is 32.8 Å². The van der Waals surface area contributed by atoms with Crippen molar-refractivity contribution in [3.05, 3.63) is 95.6 Å². The Hall–Kier alpha value is -3.11. The van der Waals surface area contributed by atoms with E-state index >= 15 is 0 Å². The maximum absolute atomic E-state index is 12.5. The molecule has 31 heavy (non-hydrogen) atoms. The summed E-state index contributed by atoms with van der Waals surface area (Å²) in [6.07, 6.45) is 3.43. The zero-order valence-electron chi connectivity index (χ0n) is 17.9. The summed E-state index contributed by atoms with van der Waals surface area (Å²) in [4.78, 5) is 16.9. The van der Waals surface area contributed by atoms with E-state index in [4.69, 9.17) is 4.74 Å². The number of hydrogen-bond acceptors (Lipinski definition) is 3. The molecule has 0 N–H and O–H groups in total. The van der Waals surface area contributed by atoms with Crippen molar-refractivity contribution in [3.8, 4) is 11.5 Å². The summed E-state index contributed by atoms with van der Waals surface area (Å²) < 4.78 is 6.33. The molecule has 0 spiro atoms. The van der Waals surface area contributed by atoms with Gasteiger partial charge in [-0.05, 0) is 43.6 Å². The molecule has 0 unspecified atom stereocenters. The van der Waals surface area contributed by atoms with Gasteiger partial charge < -0.3 is 14.5 Å². The zero-order valence-corrected chi connectivity index (χ0v) is 17.9. The van der Waals surface area contributed by atoms with Gasteiger partial charge in [-0.25, -0.2) is 0 Å². The first kappa shape index (κ1) is 19.8. The number of benzene rings is 3. The quantitative estimate of drug-likeness (QED) is 0.534. The highest BCUT2D eigenvalue weighted by molar-refractivity contribution is 5.64. The van der Waals surface area contributed by atoms with Gasteiger partial charge in [0.2, 0.25) is 6.41 Å². The molecule has 2 aliphatic rings. The van der Waals surface area contributed by atoms with Crippen LogP contribution in [-0.4, -0.2) is 42.9 Å². The average molecular weight is 413 g/mol. The normalized spacial score (nSPS) is 17.8. The maximum Gasteiger partial charge on any atom is 0.210 e. The van der Waals surface area contributed by atoms with Crippen molar-refractivity contribution in [2.75, 3.05) is 26.7 Å². The van der Waals surface area contributed by atoms with Crippen LogP contribution < -0.4 is 4.74 Å². The van der Waals surface area contributed by atoms with Crippen LogP contribution in [0, 0.1) is 0 Å². The van der Waals surface area contributed by atoms with Gasteiger partial charge in [0, 0.05) is 30.6 Å². The van der Waals surface area contributed by atoms with Gasteiger partial charge in [0.1, 0.15) is 17.0 Å². The predicted octanol–water partition coefficient (Wildman–Crippen LogP) is 5.00. The van der Waals surface area contributed by atoms with E-state index in [0.29, 0.717) is 0 Å². The first-order chi connectivity index (χ1) is 15.2. The fraction of sp³-hybridized carbons (Fsp3) is 0.296. The van der Waals surface area contributed by atoms with Gasteiger partial charge in [0.25, 0.3) is 0 Å². The van der Waals surface area contributed by atoms with Gasteiger partial charge in [0.15, 0.2) is 0 Å². The average Bonchev–Trinajstić information content (AvgIpc) is 3.35. The van der Waals surface area contributed by atoms with E-state index in [0.717, 1.165) is 48.7 Å². The number of hydrogen-bond donors (Lipinski definition) is 0. The first-order valence-electron chi connectivity index (χ1n) is 11.1. The van der Waals surface area contributed by atoms with E-state index in [9.17, 15) is 4.79 Å². The highest BCUT2D eigenvalue weighted by Gasteiger charge is 2.51. The highest BCUT2D eigenvalue weighted by Crippen LogP contribution is 2.55. The monoisotopic (exact) mass is 412 g/mol. The standard InChI is InChI=1S/C27H28N2O2/c1-28(20-30)27(24(19-29-17-9-10-18-29)21-11-3-2-4-12-21)22-13-5-7-15-25(22)31-26-16-8-6-14-23(26)27/h2-8,11-16,20,24H,9-10,17-19H2,1H3/t24-/m1/s1. The summed E-state index contributed by atoms with van der Waals surface area (Å²) >= 11 is 0. The molecular formula is C27H28N2O2. The maximum atomic E-state index is 12.5. The van der Waals surface area contributed by atoms with Crippen molar-refractivity contribution in [1.29, 1.82) is 0 Å². The Labute approximate surface area is 184 Å². The molecule has 2 heterocycles. The third kappa shape index (κ3) is 3.22. The number of nitrogens with zero attached hydrogens (tertiary/aromatic N) is 2. The van der Waals surface area contributed by atoms with Gasteiger partial charge >= 0.3 is 0 Å². The van der Waals surface area contributed by atoms with Crippen LogP contribution in [0.25, 0.3) is 0 Å². The minimum Gasteiger partial charge on any atom is -0.457 e. The Bertz CT molecular complexity index is 1010. The van der Waals surface area contributed by atoms with Crippen molar-refractivity contribution in [3.63, 3.8) is 0 Å². The summed E-state index contributed by atoms with van der Waals surface area (Å²) in [5.74, 6) is 1.68. The van der Waals surface area contributed by atoms with Crippen molar-refractivity contribution < 1.29 is 9.53 Å². The molecule has 0 radical (unpaired) electrons. The second-order valence-electron chi connectivity index (χ2n) is 8.55. The molecule has 3 aromatic carbocycles. The van der Waals surface area contributed by atoms with Crippen LogP contribution in [0.15, 0.2) is 78.9 Å². The second kappa shape index (κ2) is 8.20. The van der Waals surface area contributed by atoms with Crippen LogP contribution in [-0.2, 0) is 10.3 Å². The van der Waals surface area contributed by atoms with E-state index in [-0.39, 0.29) is 5.92 Å². The Morgan fingerprint density at radius 3 is 2.03 bits per heavy atom. The van der Waals surface area contributed by atoms with E-state index in [2.05, 4.69) is 47.4 Å². The summed E-state index contributed by atoms with van der Waals surface area (Å²) in [5, 5.41) is 0. The summed E-state index contributed by atoms with van der Waals surface area (Å²) in [7, 11) is 1.91. The van der Waals surface area contributed by atoms with Crippen LogP contribution in [0.3, 0.4) is 0 Å². The number of fused-ring (bicyclic) bond motifs is 2. The Balaban J connectivity index is 1.81. The van der Waals surface area contributed by atoms with Gasteiger partial charge in [-0.1, -0.05) is 66.7 Å². The number of ether oxygens (including phenoxy) is 1. The third-order valence-corrected chi connectivity index (χ3v) is 6.88. The van der Waals surface area contributed by atoms with E-state index < -0.39 is 5.54 Å². The van der Waals surface area contributed by atoms with Gasteiger partial charge in [-0.3, -0.25) is 4.79 Å². The Kier molecular flexibility index (Phi) is 5.24. The summed E-state index contributed by atoms with van der Waals surface area (Å²) in [6.45, 7) is 3.08. The molecule has 1 saturated heterocycles. The van der Waals surface area contributed by atoms with Crippen LogP contribution in [0.4, 0.5) is 0 Å². The van der Waals surface area contributed by atoms with Crippen LogP contribution in [0.2, 0.25) is 0 Å². The van der Waals surface area contributed by atoms with Gasteiger partial charge in [-0.2, -0.15) is 0 Å². The lowest BCUT2D eigenvalue weighted by molar-refractivity contribution is -0.122. The largest absolute Gasteiger partial charge is 0.457 e. The van der Waals surface area contributed by atoms with Crippen molar-refractivity contribution in [1.82, 2.24) is 9.80 Å². The Morgan fingerprint density at radius 1 is 0.903 bits per heavy atom. The van der Waals surface area contributed by atoms with Crippen LogP contribution in [0.1, 0.15) is 35.4 Å². The molecular weight excluding hydrogens is 384 g/mol. The second-order valence-corrected chi connectivity index (χ2v) is 8.55. The zero-order chi connectivity index (χ0) is 21.3. The van der Waals surface area contributed by atoms with E-state index in [1.807, 2.05) is 48.3 Å². The molecule has 2 aliphatic heterocycles. The minimum absolute atomic E-state index is 0.0493. The van der Waals surface area contributed by atoms with E-state index in [1.165, 1.54) is 18.4 Å². The predicted molar refractivity (Wildman–Crippen MR) is 122 cm³/mol. The molecule has 4 heteroatoms. The Morgan fingerprint density at radius 2 is 1.45 bits per heavy atom. The summed E-state index contributed by atoms with van der Waals surface area (Å²) in [6, 6.07) is 27.0. The molecule has 0 bridgehead atoms. The SMILES string of the molecule is CN(C=O)C1([C@H](CN2CCCC2)c2ccccc2)c2ccccc2Oc2ccccc21. The minimum atomic E-state index is -0.670. The number of carbonyl (C=O) groups is 1. The van der Waals surface area contributed by atoms with Crippen molar-refractivity contribution in [2.24, 2.45) is 0 Å². The fourth-order valence-corrected chi connectivity index (χ4v) is 5.48. The molecule has 3 aromatic rings. The number of rotatable bonds is 6. The lowest BCUT2D eigenvalue weighted by Gasteiger charge is -2.50. The smallest absolute Gasteiger partial charge is 0.210 e. The molecule has 0 aliphatic carbocycles. The molecule has 1 amide bonds. The van der Waals surface area contributed by atoms with Gasteiger partial charge in [-0.15, -0.1) is 0 Å². The fourth-order valence-electron chi connectivity index (χ4n) is 5.48. The van der Waals surface area contributed by atoms with E-state index in [1.54, 1.807) is 0 Å². The third-order valence-electron chi connectivity index (χ3n) is 6.88. The molecule has 4 nitrogen and oxygen atoms in total.